The van der Waals surface area contributed by atoms with Gasteiger partial charge in [-0.05, 0) is 69.4 Å². The van der Waals surface area contributed by atoms with Gasteiger partial charge in [0.1, 0.15) is 0 Å². The average molecular weight is 426 g/mol. The number of H-pyrrole nitrogens is 1. The molecule has 0 radical (unpaired) electrons. The van der Waals surface area contributed by atoms with Crippen LogP contribution in [0, 0.1) is 0 Å². The van der Waals surface area contributed by atoms with Crippen molar-refractivity contribution in [2.45, 2.75) is 28.7 Å². The van der Waals surface area contributed by atoms with Crippen molar-refractivity contribution < 1.29 is 9.53 Å². The number of aromatic nitrogens is 2. The summed E-state index contributed by atoms with van der Waals surface area (Å²) in [4.78, 5) is 25.9. The fourth-order valence-electron chi connectivity index (χ4n) is 3.76. The summed E-state index contributed by atoms with van der Waals surface area (Å²) in [6.45, 7) is 2.21. The van der Waals surface area contributed by atoms with Gasteiger partial charge in [-0.3, -0.25) is 5.32 Å². The third-order valence-electron chi connectivity index (χ3n) is 5.49. The van der Waals surface area contributed by atoms with Crippen molar-refractivity contribution in [1.82, 2.24) is 14.9 Å². The molecule has 1 aliphatic heterocycles. The number of aromatic amines is 1. The standard InChI is InChI=1S/C22H27N5O2S/c1-26(2)15-10-12-27(13-11-15)16-4-6-17(7-5-16)30-18-8-9-19-20(14-18)24-21(23-19)25-22(28)29-3/h4-9,14-15H,10-13H2,1-3H3,(H2,23,24,25,28). The van der Waals surface area contributed by atoms with E-state index in [1.807, 2.05) is 18.2 Å². The first-order valence-corrected chi connectivity index (χ1v) is 10.9. The summed E-state index contributed by atoms with van der Waals surface area (Å²) in [6.07, 6.45) is 1.87. The lowest BCUT2D eigenvalue weighted by Crippen LogP contribution is -2.41. The molecule has 158 valence electrons. The Kier molecular flexibility index (Phi) is 6.15. The maximum Gasteiger partial charge on any atom is 0.413 e. The van der Waals surface area contributed by atoms with Gasteiger partial charge < -0.3 is 19.5 Å². The van der Waals surface area contributed by atoms with Crippen molar-refractivity contribution in [2.75, 3.05) is 44.5 Å². The summed E-state index contributed by atoms with van der Waals surface area (Å²) in [5.41, 5.74) is 2.95. The van der Waals surface area contributed by atoms with Crippen LogP contribution in [-0.4, -0.2) is 61.3 Å². The van der Waals surface area contributed by atoms with Crippen molar-refractivity contribution in [3.63, 3.8) is 0 Å². The Hall–Kier alpha value is -2.71. The summed E-state index contributed by atoms with van der Waals surface area (Å²) in [6, 6.07) is 15.5. The second kappa shape index (κ2) is 8.97. The van der Waals surface area contributed by atoms with E-state index in [-0.39, 0.29) is 0 Å². The quantitative estimate of drug-likeness (QED) is 0.630. The fraction of sp³-hybridized carbons (Fsp3) is 0.364. The van der Waals surface area contributed by atoms with Gasteiger partial charge in [0.05, 0.1) is 18.1 Å². The van der Waals surface area contributed by atoms with Crippen molar-refractivity contribution in [3.05, 3.63) is 42.5 Å². The molecule has 2 heterocycles. The molecule has 0 aliphatic carbocycles. The Balaban J connectivity index is 1.40. The van der Waals surface area contributed by atoms with Crippen LogP contribution in [0.4, 0.5) is 16.4 Å². The number of fused-ring (bicyclic) bond motifs is 1. The van der Waals surface area contributed by atoms with Gasteiger partial charge in [-0.25, -0.2) is 9.78 Å². The van der Waals surface area contributed by atoms with Crippen LogP contribution in [0.5, 0.6) is 0 Å². The Bertz CT molecular complexity index is 1010. The van der Waals surface area contributed by atoms with Crippen molar-refractivity contribution in [3.8, 4) is 0 Å². The van der Waals surface area contributed by atoms with Gasteiger partial charge in [-0.2, -0.15) is 0 Å². The minimum Gasteiger partial charge on any atom is -0.453 e. The molecule has 0 spiro atoms. The van der Waals surface area contributed by atoms with Crippen LogP contribution >= 0.6 is 11.8 Å². The van der Waals surface area contributed by atoms with Crippen molar-refractivity contribution >= 4 is 40.5 Å². The SMILES string of the molecule is COC(=O)Nc1nc2cc(Sc3ccc(N4CCC(N(C)C)CC4)cc3)ccc2[nH]1. The molecule has 1 fully saturated rings. The molecule has 2 N–H and O–H groups in total. The molecule has 1 aliphatic rings. The lowest BCUT2D eigenvalue weighted by atomic mass is 10.0. The average Bonchev–Trinajstić information content (AvgIpc) is 3.15. The van der Waals surface area contributed by atoms with E-state index in [1.54, 1.807) is 11.8 Å². The van der Waals surface area contributed by atoms with Gasteiger partial charge in [0.2, 0.25) is 5.95 Å². The zero-order valence-electron chi connectivity index (χ0n) is 17.5. The largest absolute Gasteiger partial charge is 0.453 e. The van der Waals surface area contributed by atoms with E-state index < -0.39 is 6.09 Å². The van der Waals surface area contributed by atoms with Crippen LogP contribution < -0.4 is 10.2 Å². The maximum atomic E-state index is 11.4. The van der Waals surface area contributed by atoms with E-state index in [0.717, 1.165) is 29.0 Å². The third kappa shape index (κ3) is 4.71. The second-order valence-corrected chi connectivity index (χ2v) is 8.81. The lowest BCUT2D eigenvalue weighted by molar-refractivity contribution is 0.186. The molecule has 0 bridgehead atoms. The van der Waals surface area contributed by atoms with Crippen molar-refractivity contribution in [2.24, 2.45) is 0 Å². The highest BCUT2D eigenvalue weighted by Gasteiger charge is 2.20. The molecule has 30 heavy (non-hydrogen) atoms. The number of methoxy groups -OCH3 is 1. The molecule has 7 nitrogen and oxygen atoms in total. The first-order valence-electron chi connectivity index (χ1n) is 10.1. The number of benzene rings is 2. The van der Waals surface area contributed by atoms with E-state index in [0.29, 0.717) is 12.0 Å². The summed E-state index contributed by atoms with van der Waals surface area (Å²) >= 11 is 1.70. The van der Waals surface area contributed by atoms with Crippen LogP contribution in [0.15, 0.2) is 52.3 Å². The normalized spacial score (nSPS) is 15.0. The number of hydrogen-bond acceptors (Lipinski definition) is 6. The number of piperidine rings is 1. The zero-order chi connectivity index (χ0) is 21.1. The molecule has 1 amide bonds. The molecule has 8 heteroatoms. The van der Waals surface area contributed by atoms with Crippen LogP contribution in [0.25, 0.3) is 11.0 Å². The minimum atomic E-state index is -0.547. The van der Waals surface area contributed by atoms with E-state index in [2.05, 4.69) is 68.2 Å². The smallest absolute Gasteiger partial charge is 0.413 e. The van der Waals surface area contributed by atoms with E-state index >= 15 is 0 Å². The molecular weight excluding hydrogens is 398 g/mol. The lowest BCUT2D eigenvalue weighted by Gasteiger charge is -2.36. The molecule has 0 saturated carbocycles. The van der Waals surface area contributed by atoms with Gasteiger partial charge in [0.15, 0.2) is 0 Å². The molecule has 1 aromatic heterocycles. The Labute approximate surface area is 180 Å². The van der Waals surface area contributed by atoms with E-state index in [4.69, 9.17) is 0 Å². The van der Waals surface area contributed by atoms with Crippen LogP contribution in [0.2, 0.25) is 0 Å². The molecule has 4 rings (SSSR count). The molecule has 3 aromatic rings. The van der Waals surface area contributed by atoms with Crippen LogP contribution in [-0.2, 0) is 4.74 Å². The third-order valence-corrected chi connectivity index (χ3v) is 6.49. The number of ether oxygens (including phenoxy) is 1. The summed E-state index contributed by atoms with van der Waals surface area (Å²) in [5.74, 6) is 0.376. The van der Waals surface area contributed by atoms with E-state index in [1.165, 1.54) is 30.5 Å². The number of rotatable bonds is 5. The summed E-state index contributed by atoms with van der Waals surface area (Å²) < 4.78 is 4.60. The topological polar surface area (TPSA) is 73.5 Å². The first-order chi connectivity index (χ1) is 14.5. The number of nitrogens with zero attached hydrogens (tertiary/aromatic N) is 3. The highest BCUT2D eigenvalue weighted by Crippen LogP contribution is 2.32. The maximum absolute atomic E-state index is 11.4. The second-order valence-electron chi connectivity index (χ2n) is 7.66. The Morgan fingerprint density at radius 3 is 2.53 bits per heavy atom. The highest BCUT2D eigenvalue weighted by molar-refractivity contribution is 7.99. The Morgan fingerprint density at radius 1 is 1.17 bits per heavy atom. The van der Waals surface area contributed by atoms with Crippen LogP contribution in [0.3, 0.4) is 0 Å². The number of amides is 1. The molecular formula is C22H27N5O2S. The number of carbonyl (C=O) groups is 1. The number of hydrogen-bond donors (Lipinski definition) is 2. The summed E-state index contributed by atoms with van der Waals surface area (Å²) in [5, 5.41) is 2.55. The number of imidazole rings is 1. The van der Waals surface area contributed by atoms with Gasteiger partial charge in [-0.1, -0.05) is 11.8 Å². The number of anilines is 2. The Morgan fingerprint density at radius 2 is 1.87 bits per heavy atom. The summed E-state index contributed by atoms with van der Waals surface area (Å²) in [7, 11) is 5.66. The van der Waals surface area contributed by atoms with Gasteiger partial charge in [-0.15, -0.1) is 0 Å². The highest BCUT2D eigenvalue weighted by atomic mass is 32.2. The number of nitrogens with one attached hydrogen (secondary N) is 2. The van der Waals surface area contributed by atoms with Gasteiger partial charge in [0, 0.05) is 34.6 Å². The molecule has 0 unspecified atom stereocenters. The molecule has 0 atom stereocenters. The van der Waals surface area contributed by atoms with Gasteiger partial charge >= 0.3 is 6.09 Å². The first kappa shape index (κ1) is 20.6. The molecule has 1 saturated heterocycles. The van der Waals surface area contributed by atoms with Crippen LogP contribution in [0.1, 0.15) is 12.8 Å². The minimum absolute atomic E-state index is 0.376. The predicted molar refractivity (Wildman–Crippen MR) is 122 cm³/mol. The van der Waals surface area contributed by atoms with Crippen molar-refractivity contribution in [1.29, 1.82) is 0 Å². The zero-order valence-corrected chi connectivity index (χ0v) is 18.3. The predicted octanol–water partition coefficient (Wildman–Crippen LogP) is 4.42. The number of carbonyl (C=O) groups excluding carboxylic acids is 1. The van der Waals surface area contributed by atoms with Gasteiger partial charge in [0.25, 0.3) is 0 Å². The van der Waals surface area contributed by atoms with E-state index in [9.17, 15) is 4.79 Å². The fourth-order valence-corrected chi connectivity index (χ4v) is 4.61. The monoisotopic (exact) mass is 425 g/mol. The molecule has 2 aromatic carbocycles.